The van der Waals surface area contributed by atoms with Crippen LogP contribution in [0.2, 0.25) is 5.02 Å². The number of aromatic nitrogens is 2. The molecule has 3 aromatic rings. The van der Waals surface area contributed by atoms with E-state index in [0.29, 0.717) is 45.4 Å². The summed E-state index contributed by atoms with van der Waals surface area (Å²) in [5, 5.41) is 0.935. The van der Waals surface area contributed by atoms with Crippen LogP contribution in [0.1, 0.15) is 6.92 Å². The van der Waals surface area contributed by atoms with Gasteiger partial charge >= 0.3 is 0 Å². The van der Waals surface area contributed by atoms with Crippen molar-refractivity contribution in [2.24, 2.45) is 0 Å². The highest BCUT2D eigenvalue weighted by Crippen LogP contribution is 2.38. The van der Waals surface area contributed by atoms with E-state index in [1.54, 1.807) is 30.3 Å². The average molecular weight is 331 g/mol. The lowest BCUT2D eigenvalue weighted by atomic mass is 10.1. The van der Waals surface area contributed by atoms with Crippen LogP contribution in [-0.4, -0.2) is 23.7 Å². The number of H-pyrrole nitrogens is 1. The molecule has 2 aromatic carbocycles. The Hall–Kier alpha value is -2.53. The molecule has 0 spiro atoms. The number of nitrogens with one attached hydrogen (secondary N) is 1. The molecule has 0 amide bonds. The molecule has 0 unspecified atom stereocenters. The quantitative estimate of drug-likeness (QED) is 0.793. The zero-order valence-corrected chi connectivity index (χ0v) is 13.5. The van der Waals surface area contributed by atoms with E-state index in [1.807, 2.05) is 13.0 Å². The van der Waals surface area contributed by atoms with Crippen LogP contribution in [0.4, 0.5) is 0 Å². The maximum Gasteiger partial charge on any atom is 0.259 e. The second-order valence-electron chi connectivity index (χ2n) is 4.85. The second-order valence-corrected chi connectivity index (χ2v) is 5.26. The molecule has 1 aromatic heterocycles. The lowest BCUT2D eigenvalue weighted by molar-refractivity contribution is 0.311. The van der Waals surface area contributed by atoms with Crippen molar-refractivity contribution < 1.29 is 9.47 Å². The normalized spacial score (nSPS) is 10.7. The molecule has 1 N–H and O–H groups in total. The van der Waals surface area contributed by atoms with Gasteiger partial charge in [-0.25, -0.2) is 4.98 Å². The molecule has 0 aliphatic carbocycles. The third kappa shape index (κ3) is 2.87. The van der Waals surface area contributed by atoms with Crippen molar-refractivity contribution in [2.75, 3.05) is 13.7 Å². The SMILES string of the molecule is CCOc1cc(-c2nc3ccccc3c(=O)[nH]2)cc(Cl)c1OC. The number of benzene rings is 2. The average Bonchev–Trinajstić information content (AvgIpc) is 2.55. The number of hydrogen-bond acceptors (Lipinski definition) is 4. The minimum absolute atomic E-state index is 0.199. The number of aromatic amines is 1. The zero-order valence-electron chi connectivity index (χ0n) is 12.7. The minimum Gasteiger partial charge on any atom is -0.491 e. The summed E-state index contributed by atoms with van der Waals surface area (Å²) < 4.78 is 10.8. The third-order valence-electron chi connectivity index (χ3n) is 3.40. The molecule has 0 aliphatic rings. The molecule has 6 heteroatoms. The number of methoxy groups -OCH3 is 1. The van der Waals surface area contributed by atoms with E-state index in [4.69, 9.17) is 21.1 Å². The number of ether oxygens (including phenoxy) is 2. The lowest BCUT2D eigenvalue weighted by Gasteiger charge is -2.13. The van der Waals surface area contributed by atoms with Crippen molar-refractivity contribution in [3.8, 4) is 22.9 Å². The third-order valence-corrected chi connectivity index (χ3v) is 3.68. The van der Waals surface area contributed by atoms with E-state index in [0.717, 1.165) is 0 Å². The van der Waals surface area contributed by atoms with Crippen LogP contribution in [0.5, 0.6) is 11.5 Å². The Kier molecular flexibility index (Phi) is 4.21. The Labute approximate surface area is 137 Å². The summed E-state index contributed by atoms with van der Waals surface area (Å²) in [6, 6.07) is 10.6. The molecule has 118 valence electrons. The first-order valence-corrected chi connectivity index (χ1v) is 7.51. The fourth-order valence-corrected chi connectivity index (χ4v) is 2.68. The van der Waals surface area contributed by atoms with Crippen LogP contribution in [0.25, 0.3) is 22.3 Å². The van der Waals surface area contributed by atoms with E-state index in [-0.39, 0.29) is 5.56 Å². The summed E-state index contributed by atoms with van der Waals surface area (Å²) in [6.45, 7) is 2.34. The minimum atomic E-state index is -0.199. The van der Waals surface area contributed by atoms with Gasteiger partial charge in [0, 0.05) is 5.56 Å². The highest BCUT2D eigenvalue weighted by atomic mass is 35.5. The predicted molar refractivity (Wildman–Crippen MR) is 90.5 cm³/mol. The second kappa shape index (κ2) is 6.30. The molecule has 0 fully saturated rings. The number of rotatable bonds is 4. The largest absolute Gasteiger partial charge is 0.491 e. The van der Waals surface area contributed by atoms with Gasteiger partial charge in [0.15, 0.2) is 11.5 Å². The lowest BCUT2D eigenvalue weighted by Crippen LogP contribution is -2.09. The van der Waals surface area contributed by atoms with Gasteiger partial charge in [0.25, 0.3) is 5.56 Å². The van der Waals surface area contributed by atoms with Crippen LogP contribution in [0, 0.1) is 0 Å². The fourth-order valence-electron chi connectivity index (χ4n) is 2.39. The first-order chi connectivity index (χ1) is 11.1. The van der Waals surface area contributed by atoms with E-state index >= 15 is 0 Å². The molecule has 0 saturated carbocycles. The molecule has 0 aliphatic heterocycles. The molecular weight excluding hydrogens is 316 g/mol. The fraction of sp³-hybridized carbons (Fsp3) is 0.176. The van der Waals surface area contributed by atoms with Gasteiger partial charge in [0.2, 0.25) is 0 Å². The first-order valence-electron chi connectivity index (χ1n) is 7.13. The van der Waals surface area contributed by atoms with Crippen molar-refractivity contribution in [3.05, 3.63) is 51.8 Å². The molecule has 1 heterocycles. The van der Waals surface area contributed by atoms with E-state index in [2.05, 4.69) is 9.97 Å². The van der Waals surface area contributed by atoms with Crippen LogP contribution in [0.15, 0.2) is 41.2 Å². The predicted octanol–water partition coefficient (Wildman–Crippen LogP) is 3.65. The summed E-state index contributed by atoms with van der Waals surface area (Å²) >= 11 is 6.25. The molecule has 0 bridgehead atoms. The van der Waals surface area contributed by atoms with Gasteiger partial charge in [-0.15, -0.1) is 0 Å². The van der Waals surface area contributed by atoms with Gasteiger partial charge in [-0.05, 0) is 31.2 Å². The monoisotopic (exact) mass is 330 g/mol. The maximum atomic E-state index is 12.2. The first kappa shape index (κ1) is 15.4. The molecule has 3 rings (SSSR count). The van der Waals surface area contributed by atoms with Crippen LogP contribution < -0.4 is 15.0 Å². The summed E-state index contributed by atoms with van der Waals surface area (Å²) in [5.74, 6) is 1.40. The van der Waals surface area contributed by atoms with Gasteiger partial charge in [0.1, 0.15) is 5.82 Å². The molecule has 5 nitrogen and oxygen atoms in total. The van der Waals surface area contributed by atoms with Crippen LogP contribution >= 0.6 is 11.6 Å². The van der Waals surface area contributed by atoms with Crippen molar-refractivity contribution in [1.29, 1.82) is 0 Å². The van der Waals surface area contributed by atoms with Crippen molar-refractivity contribution in [3.63, 3.8) is 0 Å². The number of halogens is 1. The molecule has 23 heavy (non-hydrogen) atoms. The Morgan fingerprint density at radius 1 is 1.26 bits per heavy atom. The summed E-state index contributed by atoms with van der Waals surface area (Å²) in [5.41, 5.74) is 1.08. The summed E-state index contributed by atoms with van der Waals surface area (Å²) in [6.07, 6.45) is 0. The smallest absolute Gasteiger partial charge is 0.259 e. The Morgan fingerprint density at radius 2 is 2.04 bits per heavy atom. The Morgan fingerprint density at radius 3 is 2.78 bits per heavy atom. The van der Waals surface area contributed by atoms with Crippen molar-refractivity contribution in [1.82, 2.24) is 9.97 Å². The number of nitrogens with zero attached hydrogens (tertiary/aromatic N) is 1. The topological polar surface area (TPSA) is 64.2 Å². The van der Waals surface area contributed by atoms with E-state index < -0.39 is 0 Å². The van der Waals surface area contributed by atoms with Crippen LogP contribution in [-0.2, 0) is 0 Å². The van der Waals surface area contributed by atoms with Gasteiger partial charge in [0.05, 0.1) is 29.6 Å². The van der Waals surface area contributed by atoms with Gasteiger partial charge in [-0.3, -0.25) is 4.79 Å². The zero-order chi connectivity index (χ0) is 16.4. The van der Waals surface area contributed by atoms with Gasteiger partial charge in [-0.1, -0.05) is 23.7 Å². The van der Waals surface area contributed by atoms with Crippen molar-refractivity contribution >= 4 is 22.5 Å². The molecular formula is C17H15ClN2O3. The molecule has 0 radical (unpaired) electrons. The standard InChI is InChI=1S/C17H15ClN2O3/c1-3-23-14-9-10(8-12(18)15(14)22-2)16-19-13-7-5-4-6-11(13)17(21)20-16/h4-9H,3H2,1-2H3,(H,19,20,21). The maximum absolute atomic E-state index is 12.2. The van der Waals surface area contributed by atoms with E-state index in [9.17, 15) is 4.79 Å². The van der Waals surface area contributed by atoms with Crippen LogP contribution in [0.3, 0.4) is 0 Å². The number of fused-ring (bicyclic) bond motifs is 1. The number of para-hydroxylation sites is 1. The Balaban J connectivity index is 2.20. The summed E-state index contributed by atoms with van der Waals surface area (Å²) in [4.78, 5) is 19.5. The molecule has 0 atom stereocenters. The number of hydrogen-bond donors (Lipinski definition) is 1. The van der Waals surface area contributed by atoms with Crippen molar-refractivity contribution in [2.45, 2.75) is 6.92 Å². The highest BCUT2D eigenvalue weighted by molar-refractivity contribution is 6.32. The van der Waals surface area contributed by atoms with E-state index in [1.165, 1.54) is 7.11 Å². The Bertz CT molecular complexity index is 921. The summed E-state index contributed by atoms with van der Waals surface area (Å²) in [7, 11) is 1.53. The highest BCUT2D eigenvalue weighted by Gasteiger charge is 2.14. The molecule has 0 saturated heterocycles. The van der Waals surface area contributed by atoms with Gasteiger partial charge in [-0.2, -0.15) is 0 Å². The van der Waals surface area contributed by atoms with Gasteiger partial charge < -0.3 is 14.5 Å².